The van der Waals surface area contributed by atoms with Gasteiger partial charge in [-0.2, -0.15) is 26.3 Å². The lowest BCUT2D eigenvalue weighted by molar-refractivity contribution is -0.145. The van der Waals surface area contributed by atoms with Crippen LogP contribution in [0, 0.1) is 0 Å². The van der Waals surface area contributed by atoms with E-state index in [0.29, 0.717) is 34.8 Å². The van der Waals surface area contributed by atoms with Crippen LogP contribution in [0.2, 0.25) is 0 Å². The number of alkyl halides is 6. The summed E-state index contributed by atoms with van der Waals surface area (Å²) >= 11 is 0.483. The van der Waals surface area contributed by atoms with Crippen molar-refractivity contribution in [2.24, 2.45) is 0 Å². The summed E-state index contributed by atoms with van der Waals surface area (Å²) in [6.07, 6.45) is -8.29. The second-order valence-corrected chi connectivity index (χ2v) is 9.33. The van der Waals surface area contributed by atoms with Crippen molar-refractivity contribution in [2.45, 2.75) is 38.5 Å². The summed E-state index contributed by atoms with van der Waals surface area (Å²) in [4.78, 5) is 26.0. The first-order valence-corrected chi connectivity index (χ1v) is 11.1. The van der Waals surface area contributed by atoms with Gasteiger partial charge in [0.05, 0.1) is 22.5 Å². The number of H-pyrrole nitrogens is 1. The molecule has 1 aliphatic heterocycles. The molecule has 1 saturated heterocycles. The van der Waals surface area contributed by atoms with Crippen molar-refractivity contribution in [1.82, 2.24) is 4.98 Å². The Morgan fingerprint density at radius 2 is 1.63 bits per heavy atom. The van der Waals surface area contributed by atoms with Crippen molar-refractivity contribution < 1.29 is 40.7 Å². The Labute approximate surface area is 199 Å². The van der Waals surface area contributed by atoms with Crippen LogP contribution in [0.5, 0.6) is 11.5 Å². The van der Waals surface area contributed by atoms with Crippen molar-refractivity contribution in [3.05, 3.63) is 63.7 Å². The van der Waals surface area contributed by atoms with Gasteiger partial charge in [-0.3, -0.25) is 9.59 Å². The quantitative estimate of drug-likeness (QED) is 0.221. The Morgan fingerprint density at radius 3 is 2.14 bits per heavy atom. The maximum absolute atomic E-state index is 13.9. The number of hydrogen-bond donors (Lipinski definition) is 1. The molecular formula is C24H17F6NO3S. The van der Waals surface area contributed by atoms with E-state index in [1.54, 1.807) is 6.20 Å². The first-order chi connectivity index (χ1) is 16.2. The number of nitrogens with one attached hydrogen (secondary N) is 1. The highest BCUT2D eigenvalue weighted by molar-refractivity contribution is 8.18. The topological polar surface area (TPSA) is 59.2 Å². The van der Waals surface area contributed by atoms with Gasteiger partial charge in [0.1, 0.15) is 5.75 Å². The zero-order valence-corrected chi connectivity index (χ0v) is 19.0. The fourth-order valence-electron chi connectivity index (χ4n) is 3.74. The summed E-state index contributed by atoms with van der Waals surface area (Å²) in [6, 6.07) is 5.12. The van der Waals surface area contributed by atoms with E-state index in [0.717, 1.165) is 11.6 Å². The zero-order valence-electron chi connectivity index (χ0n) is 18.2. The van der Waals surface area contributed by atoms with E-state index in [-0.39, 0.29) is 16.6 Å². The highest BCUT2D eigenvalue weighted by atomic mass is 32.2. The molecule has 0 spiro atoms. The zero-order chi connectivity index (χ0) is 25.7. The Morgan fingerprint density at radius 1 is 1.00 bits per heavy atom. The molecule has 1 N–H and O–H groups in total. The van der Waals surface area contributed by atoms with Gasteiger partial charge in [-0.15, -0.1) is 0 Å². The van der Waals surface area contributed by atoms with Crippen molar-refractivity contribution in [3.8, 4) is 11.5 Å². The molecule has 0 bridgehead atoms. The highest BCUT2D eigenvalue weighted by Crippen LogP contribution is 2.47. The van der Waals surface area contributed by atoms with E-state index in [1.165, 1.54) is 18.2 Å². The number of fused-ring (bicyclic) bond motifs is 1. The highest BCUT2D eigenvalue weighted by Gasteiger charge is 2.43. The normalized spacial score (nSPS) is 16.2. The summed E-state index contributed by atoms with van der Waals surface area (Å²) in [7, 11) is 0. The number of Topliss-reactive ketones (excluding diaryl/α,β-unsaturated/α-hetero) is 1. The van der Waals surface area contributed by atoms with Gasteiger partial charge in [0.25, 0.3) is 0 Å². The van der Waals surface area contributed by atoms with Crippen molar-refractivity contribution in [1.29, 1.82) is 0 Å². The molecule has 0 amide bonds. The number of carbonyl (C=O) groups excluding carboxylic acids is 2. The van der Waals surface area contributed by atoms with Gasteiger partial charge in [0.2, 0.25) is 5.12 Å². The average molecular weight is 513 g/mol. The van der Waals surface area contributed by atoms with Crippen molar-refractivity contribution >= 4 is 39.6 Å². The standard InChI is InChI=1S/C24H17F6NO3S/c1-11(2)15-10-31-18-4-3-13(8-14(15)18)34-22-16(23(25,26)27)5-12(6-17(22)24(28,29)30)7-20-19(32)9-21(33)35-20/h3-8,10-11,31H,9H2,1-2H3/b20-7-. The first-order valence-electron chi connectivity index (χ1n) is 10.3. The Bertz CT molecular complexity index is 1330. The number of allylic oxidation sites excluding steroid dienone is 1. The van der Waals surface area contributed by atoms with E-state index in [4.69, 9.17) is 4.74 Å². The number of hydrogen-bond acceptors (Lipinski definition) is 4. The van der Waals surface area contributed by atoms with Crippen LogP contribution < -0.4 is 4.74 Å². The third-order valence-electron chi connectivity index (χ3n) is 5.35. The smallest absolute Gasteiger partial charge is 0.420 e. The van der Waals surface area contributed by atoms with Gasteiger partial charge in [0, 0.05) is 17.1 Å². The Kier molecular flexibility index (Phi) is 6.25. The fourth-order valence-corrected chi connectivity index (χ4v) is 4.57. The van der Waals surface area contributed by atoms with Crippen LogP contribution in [0.3, 0.4) is 0 Å². The lowest BCUT2D eigenvalue weighted by Crippen LogP contribution is -2.14. The summed E-state index contributed by atoms with van der Waals surface area (Å²) < 4.78 is 88.8. The number of aromatic nitrogens is 1. The summed E-state index contributed by atoms with van der Waals surface area (Å²) in [5, 5.41) is 0.0802. The number of ether oxygens (including phenoxy) is 1. The molecular weight excluding hydrogens is 496 g/mol. The van der Waals surface area contributed by atoms with E-state index >= 15 is 0 Å². The molecule has 1 aromatic heterocycles. The molecule has 35 heavy (non-hydrogen) atoms. The van der Waals surface area contributed by atoms with Gasteiger partial charge < -0.3 is 9.72 Å². The molecule has 184 valence electrons. The number of aromatic amines is 1. The summed E-state index contributed by atoms with van der Waals surface area (Å²) in [5.74, 6) is -2.21. The largest absolute Gasteiger partial charge is 0.456 e. The SMILES string of the molecule is CC(C)c1c[nH]c2ccc(Oc3c(C(F)(F)F)cc(/C=C4\SC(=O)CC4=O)cc3C(F)(F)F)cc12. The van der Waals surface area contributed by atoms with E-state index in [9.17, 15) is 35.9 Å². The van der Waals surface area contributed by atoms with Crippen molar-refractivity contribution in [3.63, 3.8) is 0 Å². The van der Waals surface area contributed by atoms with Gasteiger partial charge in [-0.05, 0) is 65.2 Å². The number of thioether (sulfide) groups is 1. The van der Waals surface area contributed by atoms with Crippen LogP contribution in [0.25, 0.3) is 17.0 Å². The molecule has 1 aliphatic rings. The maximum atomic E-state index is 13.9. The van der Waals surface area contributed by atoms with E-state index in [1.807, 2.05) is 13.8 Å². The predicted molar refractivity (Wildman–Crippen MR) is 119 cm³/mol. The van der Waals surface area contributed by atoms with E-state index < -0.39 is 52.1 Å². The molecule has 4 rings (SSSR count). The molecule has 0 saturated carbocycles. The molecule has 2 aromatic carbocycles. The van der Waals surface area contributed by atoms with E-state index in [2.05, 4.69) is 4.98 Å². The van der Waals surface area contributed by atoms with Crippen LogP contribution in [0.1, 0.15) is 48.4 Å². The minimum Gasteiger partial charge on any atom is -0.456 e. The van der Waals surface area contributed by atoms with Gasteiger partial charge in [-0.25, -0.2) is 0 Å². The van der Waals surface area contributed by atoms with Crippen LogP contribution in [-0.2, 0) is 21.9 Å². The Hall–Kier alpha value is -3.21. The monoisotopic (exact) mass is 513 g/mol. The fraction of sp³-hybridized carbons (Fsp3) is 0.250. The van der Waals surface area contributed by atoms with Gasteiger partial charge in [0.15, 0.2) is 11.5 Å². The number of carbonyl (C=O) groups is 2. The molecule has 0 radical (unpaired) electrons. The lowest BCUT2D eigenvalue weighted by Gasteiger charge is -2.20. The minimum absolute atomic E-state index is 0.0471. The number of benzene rings is 2. The number of rotatable bonds is 4. The summed E-state index contributed by atoms with van der Waals surface area (Å²) in [5.41, 5.74) is -2.35. The molecule has 0 atom stereocenters. The lowest BCUT2D eigenvalue weighted by atomic mass is 10.0. The van der Waals surface area contributed by atoms with Gasteiger partial charge in [-0.1, -0.05) is 13.8 Å². The summed E-state index contributed by atoms with van der Waals surface area (Å²) in [6.45, 7) is 3.79. The number of halogens is 6. The average Bonchev–Trinajstić information content (AvgIpc) is 3.29. The predicted octanol–water partition coefficient (Wildman–Crippen LogP) is 7.69. The molecule has 2 heterocycles. The molecule has 11 heteroatoms. The minimum atomic E-state index is -5.20. The molecule has 3 aromatic rings. The molecule has 0 aliphatic carbocycles. The van der Waals surface area contributed by atoms with Crippen LogP contribution >= 0.6 is 11.8 Å². The third-order valence-corrected chi connectivity index (χ3v) is 6.29. The van der Waals surface area contributed by atoms with Crippen LogP contribution in [-0.4, -0.2) is 15.9 Å². The maximum Gasteiger partial charge on any atom is 0.420 e. The second-order valence-electron chi connectivity index (χ2n) is 8.23. The second kappa shape index (κ2) is 8.78. The molecule has 1 fully saturated rings. The van der Waals surface area contributed by atoms with Crippen molar-refractivity contribution in [2.75, 3.05) is 0 Å². The Balaban J connectivity index is 1.88. The molecule has 4 nitrogen and oxygen atoms in total. The number of ketones is 1. The van der Waals surface area contributed by atoms with Crippen LogP contribution in [0.15, 0.2) is 41.4 Å². The molecule has 0 unspecified atom stereocenters. The van der Waals surface area contributed by atoms with Gasteiger partial charge >= 0.3 is 12.4 Å². The van der Waals surface area contributed by atoms with Crippen LogP contribution in [0.4, 0.5) is 26.3 Å². The first kappa shape index (κ1) is 24.9. The third kappa shape index (κ3) is 5.09.